The molecule has 0 saturated heterocycles. The first-order chi connectivity index (χ1) is 11.4. The van der Waals surface area contributed by atoms with Gasteiger partial charge in [-0.05, 0) is 49.2 Å². The molecule has 0 unspecified atom stereocenters. The second-order valence-electron chi connectivity index (χ2n) is 5.37. The number of ether oxygens (including phenoxy) is 1. The summed E-state index contributed by atoms with van der Waals surface area (Å²) in [5.74, 6) is -0.00620. The zero-order valence-corrected chi connectivity index (χ0v) is 13.4. The molecule has 0 radical (unpaired) electrons. The van der Waals surface area contributed by atoms with Crippen LogP contribution < -0.4 is 10.1 Å². The summed E-state index contributed by atoms with van der Waals surface area (Å²) in [4.78, 5) is 22.4. The molecule has 0 aromatic heterocycles. The summed E-state index contributed by atoms with van der Waals surface area (Å²) in [7, 11) is 0. The predicted octanol–water partition coefficient (Wildman–Crippen LogP) is 3.32. The van der Waals surface area contributed by atoms with Gasteiger partial charge >= 0.3 is 5.69 Å². The number of carbonyl (C=O) groups is 1. The Morgan fingerprint density at radius 3 is 2.67 bits per heavy atom. The van der Waals surface area contributed by atoms with Crippen molar-refractivity contribution >= 4 is 17.3 Å². The molecule has 2 rings (SSSR count). The van der Waals surface area contributed by atoms with E-state index in [9.17, 15) is 20.0 Å². The van der Waals surface area contributed by atoms with Gasteiger partial charge < -0.3 is 15.2 Å². The van der Waals surface area contributed by atoms with Gasteiger partial charge in [-0.1, -0.05) is 6.07 Å². The van der Waals surface area contributed by atoms with E-state index in [1.165, 1.54) is 12.1 Å². The summed E-state index contributed by atoms with van der Waals surface area (Å²) in [5.41, 5.74) is 2.04. The molecule has 0 aliphatic rings. The summed E-state index contributed by atoms with van der Waals surface area (Å²) in [6, 6.07) is 9.21. The van der Waals surface area contributed by atoms with E-state index in [1.807, 2.05) is 0 Å². The molecule has 2 aromatic carbocycles. The lowest BCUT2D eigenvalue weighted by Gasteiger charge is -2.10. The topological polar surface area (TPSA) is 102 Å². The summed E-state index contributed by atoms with van der Waals surface area (Å²) < 4.78 is 5.39. The normalized spacial score (nSPS) is 10.2. The van der Waals surface area contributed by atoms with Gasteiger partial charge in [0, 0.05) is 11.8 Å². The number of aromatic hydroxyl groups is 1. The Balaban J connectivity index is 1.93. The fourth-order valence-corrected chi connectivity index (χ4v) is 2.14. The van der Waals surface area contributed by atoms with Crippen LogP contribution in [-0.4, -0.2) is 22.5 Å². The molecule has 0 aliphatic heterocycles. The van der Waals surface area contributed by atoms with Crippen LogP contribution in [0.1, 0.15) is 17.5 Å². The van der Waals surface area contributed by atoms with Crippen LogP contribution in [0.5, 0.6) is 11.5 Å². The molecule has 0 spiro atoms. The monoisotopic (exact) mass is 330 g/mol. The molecule has 0 heterocycles. The van der Waals surface area contributed by atoms with Gasteiger partial charge in [0.2, 0.25) is 5.91 Å². The van der Waals surface area contributed by atoms with E-state index in [2.05, 4.69) is 5.32 Å². The van der Waals surface area contributed by atoms with Crippen LogP contribution >= 0.6 is 0 Å². The number of carbonyl (C=O) groups excluding carboxylic acids is 1. The number of hydrogen-bond acceptors (Lipinski definition) is 5. The number of phenolic OH excluding ortho intramolecular Hbond substituents is 1. The van der Waals surface area contributed by atoms with Crippen molar-refractivity contribution in [1.29, 1.82) is 0 Å². The molecule has 0 aliphatic carbocycles. The number of nitrogens with one attached hydrogen (secondary N) is 1. The van der Waals surface area contributed by atoms with Gasteiger partial charge in [-0.2, -0.15) is 0 Å². The van der Waals surface area contributed by atoms with Gasteiger partial charge in [-0.3, -0.25) is 14.9 Å². The van der Waals surface area contributed by atoms with E-state index in [0.717, 1.165) is 11.1 Å². The Hall–Kier alpha value is -3.09. The third kappa shape index (κ3) is 4.45. The largest absolute Gasteiger partial charge is 0.508 e. The molecule has 0 bridgehead atoms. The summed E-state index contributed by atoms with van der Waals surface area (Å²) in [6.45, 7) is 3.59. The molecule has 7 heteroatoms. The highest BCUT2D eigenvalue weighted by Gasteiger charge is 2.15. The fourth-order valence-electron chi connectivity index (χ4n) is 2.14. The van der Waals surface area contributed by atoms with Crippen LogP contribution in [-0.2, 0) is 4.79 Å². The van der Waals surface area contributed by atoms with Crippen LogP contribution in [0.2, 0.25) is 0 Å². The molecule has 0 fully saturated rings. The predicted molar refractivity (Wildman–Crippen MR) is 89.4 cm³/mol. The Labute approximate surface area is 139 Å². The van der Waals surface area contributed by atoms with Gasteiger partial charge in [-0.15, -0.1) is 0 Å². The minimum atomic E-state index is -0.519. The van der Waals surface area contributed by atoms with Crippen molar-refractivity contribution in [3.63, 3.8) is 0 Å². The van der Waals surface area contributed by atoms with Crippen molar-refractivity contribution in [2.24, 2.45) is 0 Å². The molecule has 2 N–H and O–H groups in total. The Bertz CT molecular complexity index is 774. The van der Waals surface area contributed by atoms with E-state index >= 15 is 0 Å². The van der Waals surface area contributed by atoms with Gasteiger partial charge in [0.25, 0.3) is 0 Å². The summed E-state index contributed by atoms with van der Waals surface area (Å²) in [6.07, 6.45) is 0.0470. The standard InChI is InChI=1S/C17H18N2O5/c1-11-3-6-15(19(22)23)16(9-11)24-8-7-17(21)18-14-5-4-13(20)10-12(14)2/h3-6,9-10,20H,7-8H2,1-2H3,(H,18,21). The van der Waals surface area contributed by atoms with Gasteiger partial charge in [0.1, 0.15) is 5.75 Å². The second-order valence-corrected chi connectivity index (χ2v) is 5.37. The van der Waals surface area contributed by atoms with Crippen molar-refractivity contribution in [3.8, 4) is 11.5 Å². The molecule has 0 atom stereocenters. The van der Waals surface area contributed by atoms with Gasteiger partial charge in [-0.25, -0.2) is 0 Å². The lowest BCUT2D eigenvalue weighted by atomic mass is 10.2. The zero-order valence-electron chi connectivity index (χ0n) is 13.4. The van der Waals surface area contributed by atoms with Crippen LogP contribution in [0.25, 0.3) is 0 Å². The maximum atomic E-state index is 11.9. The molecule has 7 nitrogen and oxygen atoms in total. The van der Waals surface area contributed by atoms with Crippen molar-refractivity contribution in [3.05, 3.63) is 57.6 Å². The summed E-state index contributed by atoms with van der Waals surface area (Å²) in [5, 5.41) is 23.0. The Morgan fingerprint density at radius 1 is 1.25 bits per heavy atom. The van der Waals surface area contributed by atoms with E-state index < -0.39 is 4.92 Å². The highest BCUT2D eigenvalue weighted by atomic mass is 16.6. The molecular weight excluding hydrogens is 312 g/mol. The van der Waals surface area contributed by atoms with E-state index in [-0.39, 0.29) is 36.1 Å². The van der Waals surface area contributed by atoms with Gasteiger partial charge in [0.15, 0.2) is 5.75 Å². The number of benzene rings is 2. The number of nitrogens with zero attached hydrogens (tertiary/aromatic N) is 1. The Morgan fingerprint density at radius 2 is 2.00 bits per heavy atom. The third-order valence-corrected chi connectivity index (χ3v) is 3.38. The quantitative estimate of drug-likeness (QED) is 0.480. The van der Waals surface area contributed by atoms with Crippen LogP contribution in [0, 0.1) is 24.0 Å². The molecule has 1 amide bonds. The highest BCUT2D eigenvalue weighted by molar-refractivity contribution is 5.91. The van der Waals surface area contributed by atoms with E-state index in [0.29, 0.717) is 5.69 Å². The van der Waals surface area contributed by atoms with Crippen molar-refractivity contribution in [1.82, 2.24) is 0 Å². The number of aryl methyl sites for hydroxylation is 2. The second kappa shape index (κ2) is 7.45. The SMILES string of the molecule is Cc1ccc([N+](=O)[O-])c(OCCC(=O)Nc2ccc(O)cc2C)c1. The smallest absolute Gasteiger partial charge is 0.310 e. The number of phenols is 1. The third-order valence-electron chi connectivity index (χ3n) is 3.38. The first kappa shape index (κ1) is 17.3. The number of amides is 1. The molecule has 126 valence electrons. The van der Waals surface area contributed by atoms with E-state index in [4.69, 9.17) is 4.74 Å². The van der Waals surface area contributed by atoms with Gasteiger partial charge in [0.05, 0.1) is 18.0 Å². The zero-order chi connectivity index (χ0) is 17.7. The first-order valence-electron chi connectivity index (χ1n) is 7.34. The van der Waals surface area contributed by atoms with Crippen molar-refractivity contribution in [2.45, 2.75) is 20.3 Å². The summed E-state index contributed by atoms with van der Waals surface area (Å²) >= 11 is 0. The average Bonchev–Trinajstić information content (AvgIpc) is 2.50. The number of anilines is 1. The lowest BCUT2D eigenvalue weighted by molar-refractivity contribution is -0.385. The first-order valence-corrected chi connectivity index (χ1v) is 7.34. The molecule has 0 saturated carbocycles. The lowest BCUT2D eigenvalue weighted by Crippen LogP contribution is -2.16. The number of nitro benzene ring substituents is 1. The maximum absolute atomic E-state index is 11.9. The van der Waals surface area contributed by atoms with Crippen LogP contribution in [0.4, 0.5) is 11.4 Å². The fraction of sp³-hybridized carbons (Fsp3) is 0.235. The van der Waals surface area contributed by atoms with E-state index in [1.54, 1.807) is 38.1 Å². The number of hydrogen-bond donors (Lipinski definition) is 2. The number of rotatable bonds is 6. The number of nitro groups is 1. The highest BCUT2D eigenvalue weighted by Crippen LogP contribution is 2.27. The van der Waals surface area contributed by atoms with Crippen LogP contribution in [0.3, 0.4) is 0 Å². The Kier molecular flexibility index (Phi) is 5.36. The van der Waals surface area contributed by atoms with Crippen molar-refractivity contribution in [2.75, 3.05) is 11.9 Å². The molecule has 24 heavy (non-hydrogen) atoms. The minimum absolute atomic E-state index is 0.0211. The molecule has 2 aromatic rings. The minimum Gasteiger partial charge on any atom is -0.508 e. The van der Waals surface area contributed by atoms with Crippen LogP contribution in [0.15, 0.2) is 36.4 Å². The molecular formula is C17H18N2O5. The van der Waals surface area contributed by atoms with Crippen molar-refractivity contribution < 1.29 is 19.6 Å². The maximum Gasteiger partial charge on any atom is 0.310 e. The average molecular weight is 330 g/mol.